The molecule has 25 heavy (non-hydrogen) atoms. The maximum atomic E-state index is 6.51. The molecule has 2 nitrogen and oxygen atoms in total. The zero-order chi connectivity index (χ0) is 18.9. The largest absolute Gasteiger partial charge is 0.496 e. The maximum Gasteiger partial charge on any atom is 0.122 e. The summed E-state index contributed by atoms with van der Waals surface area (Å²) in [7, 11) is 3.45. The Morgan fingerprint density at radius 3 is 1.36 bits per heavy atom. The van der Waals surface area contributed by atoms with Crippen LogP contribution in [0.5, 0.6) is 11.5 Å². The van der Waals surface area contributed by atoms with Crippen LogP contribution in [0.4, 0.5) is 0 Å². The highest BCUT2D eigenvalue weighted by Gasteiger charge is 2.25. The first-order chi connectivity index (χ1) is 11.8. The lowest BCUT2D eigenvalue weighted by atomic mass is 9.80. The van der Waals surface area contributed by atoms with E-state index in [1.807, 2.05) is 0 Å². The minimum Gasteiger partial charge on any atom is -0.496 e. The summed E-state index contributed by atoms with van der Waals surface area (Å²) >= 11 is 6.51. The molecule has 0 unspecified atom stereocenters. The van der Waals surface area contributed by atoms with Gasteiger partial charge in [0.05, 0.1) is 14.2 Å². The third-order valence-corrected chi connectivity index (χ3v) is 5.82. The molecule has 0 N–H and O–H groups in total. The minimum absolute atomic E-state index is 0.149. The predicted molar refractivity (Wildman–Crippen MR) is 107 cm³/mol. The molecule has 0 bridgehead atoms. The van der Waals surface area contributed by atoms with Crippen LogP contribution >= 0.6 is 11.6 Å². The summed E-state index contributed by atoms with van der Waals surface area (Å²) in [6.07, 6.45) is 0. The second-order valence-electron chi connectivity index (χ2n) is 6.83. The Bertz CT molecular complexity index is 728. The molecule has 0 atom stereocenters. The van der Waals surface area contributed by atoms with Crippen molar-refractivity contribution in [2.24, 2.45) is 0 Å². The molecule has 0 heterocycles. The van der Waals surface area contributed by atoms with E-state index in [0.717, 1.165) is 11.5 Å². The molecule has 0 radical (unpaired) electrons. The highest BCUT2D eigenvalue weighted by atomic mass is 35.5. The SMILES string of the molecule is COc1cc(C)c(C(CCl)c2c(C)cc(OC)c(C)c2C)c(C)c1C. The molecule has 0 aliphatic carbocycles. The lowest BCUT2D eigenvalue weighted by Crippen LogP contribution is -2.13. The van der Waals surface area contributed by atoms with Gasteiger partial charge in [-0.15, -0.1) is 11.6 Å². The third kappa shape index (κ3) is 3.37. The molecule has 0 aliphatic rings. The van der Waals surface area contributed by atoms with Gasteiger partial charge in [0.1, 0.15) is 11.5 Å². The van der Waals surface area contributed by atoms with Gasteiger partial charge in [-0.2, -0.15) is 0 Å². The topological polar surface area (TPSA) is 18.5 Å². The van der Waals surface area contributed by atoms with E-state index in [0.29, 0.717) is 5.88 Å². The smallest absolute Gasteiger partial charge is 0.122 e. The van der Waals surface area contributed by atoms with Gasteiger partial charge in [-0.05, 0) is 98.2 Å². The molecule has 2 rings (SSSR count). The molecule has 2 aromatic carbocycles. The first kappa shape index (κ1) is 19.7. The highest BCUT2D eigenvalue weighted by molar-refractivity contribution is 6.18. The van der Waals surface area contributed by atoms with E-state index in [4.69, 9.17) is 21.1 Å². The lowest BCUT2D eigenvalue weighted by molar-refractivity contribution is 0.410. The summed E-state index contributed by atoms with van der Waals surface area (Å²) in [5, 5.41) is 0. The van der Waals surface area contributed by atoms with Gasteiger partial charge in [0.25, 0.3) is 0 Å². The Labute approximate surface area is 157 Å². The van der Waals surface area contributed by atoms with Crippen molar-refractivity contribution in [1.82, 2.24) is 0 Å². The number of alkyl halides is 1. The van der Waals surface area contributed by atoms with Crippen molar-refractivity contribution in [1.29, 1.82) is 0 Å². The molecule has 3 heteroatoms. The van der Waals surface area contributed by atoms with Crippen LogP contribution in [-0.2, 0) is 0 Å². The van der Waals surface area contributed by atoms with E-state index in [2.05, 4.69) is 53.7 Å². The summed E-state index contributed by atoms with van der Waals surface area (Å²) in [6.45, 7) is 12.8. The van der Waals surface area contributed by atoms with E-state index in [1.165, 1.54) is 44.5 Å². The number of benzene rings is 2. The Kier molecular flexibility index (Phi) is 6.05. The van der Waals surface area contributed by atoms with E-state index in [9.17, 15) is 0 Å². The average molecular weight is 361 g/mol. The lowest BCUT2D eigenvalue weighted by Gasteiger charge is -2.27. The molecule has 136 valence electrons. The fourth-order valence-electron chi connectivity index (χ4n) is 3.93. The van der Waals surface area contributed by atoms with Crippen LogP contribution in [0.15, 0.2) is 12.1 Å². The Morgan fingerprint density at radius 2 is 1.08 bits per heavy atom. The van der Waals surface area contributed by atoms with E-state index in [1.54, 1.807) is 14.2 Å². The van der Waals surface area contributed by atoms with E-state index < -0.39 is 0 Å². The van der Waals surface area contributed by atoms with Crippen molar-refractivity contribution in [3.63, 3.8) is 0 Å². The standard InChI is InChI=1S/C22H29ClO2/c1-12-9-19(24-7)14(3)16(5)21(12)18(11-23)22-13(2)10-20(25-8)15(4)17(22)6/h9-10,18H,11H2,1-8H3. The number of rotatable bonds is 5. The van der Waals surface area contributed by atoms with Gasteiger partial charge in [-0.25, -0.2) is 0 Å². The van der Waals surface area contributed by atoms with Crippen LogP contribution in [0.2, 0.25) is 0 Å². The number of hydrogen-bond acceptors (Lipinski definition) is 2. The van der Waals surface area contributed by atoms with Crippen LogP contribution in [0.1, 0.15) is 50.4 Å². The van der Waals surface area contributed by atoms with Crippen LogP contribution in [-0.4, -0.2) is 20.1 Å². The van der Waals surface area contributed by atoms with Gasteiger partial charge >= 0.3 is 0 Å². The molecule has 0 spiro atoms. The van der Waals surface area contributed by atoms with Gasteiger partial charge in [-0.3, -0.25) is 0 Å². The van der Waals surface area contributed by atoms with E-state index in [-0.39, 0.29) is 5.92 Å². The van der Waals surface area contributed by atoms with Gasteiger partial charge in [0.15, 0.2) is 0 Å². The van der Waals surface area contributed by atoms with Crippen LogP contribution in [0, 0.1) is 41.5 Å². The fraction of sp³-hybridized carbons (Fsp3) is 0.455. The molecule has 0 saturated heterocycles. The van der Waals surface area contributed by atoms with Crippen molar-refractivity contribution in [2.75, 3.05) is 20.1 Å². The number of aryl methyl sites for hydroxylation is 2. The predicted octanol–water partition coefficient (Wildman–Crippen LogP) is 5.93. The highest BCUT2D eigenvalue weighted by Crippen LogP contribution is 2.40. The van der Waals surface area contributed by atoms with Crippen molar-refractivity contribution in [3.8, 4) is 11.5 Å². The molecular weight excluding hydrogens is 332 g/mol. The van der Waals surface area contributed by atoms with E-state index >= 15 is 0 Å². The first-order valence-corrected chi connectivity index (χ1v) is 9.17. The summed E-state index contributed by atoms with van der Waals surface area (Å²) in [5.74, 6) is 2.56. The normalized spacial score (nSPS) is 11.1. The maximum absolute atomic E-state index is 6.51. The van der Waals surface area contributed by atoms with Gasteiger partial charge < -0.3 is 9.47 Å². The molecule has 0 saturated carbocycles. The monoisotopic (exact) mass is 360 g/mol. The quantitative estimate of drug-likeness (QED) is 0.615. The number of hydrogen-bond donors (Lipinski definition) is 0. The van der Waals surface area contributed by atoms with Crippen molar-refractivity contribution in [3.05, 3.63) is 56.6 Å². The van der Waals surface area contributed by atoms with Crippen LogP contribution in [0.25, 0.3) is 0 Å². The van der Waals surface area contributed by atoms with Crippen molar-refractivity contribution in [2.45, 2.75) is 47.5 Å². The van der Waals surface area contributed by atoms with Crippen LogP contribution < -0.4 is 9.47 Å². The molecule has 0 amide bonds. The van der Waals surface area contributed by atoms with Crippen molar-refractivity contribution >= 4 is 11.6 Å². The Hall–Kier alpha value is -1.67. The minimum atomic E-state index is 0.149. The summed E-state index contributed by atoms with van der Waals surface area (Å²) in [5.41, 5.74) is 9.94. The molecule has 2 aromatic rings. The zero-order valence-corrected chi connectivity index (χ0v) is 17.4. The zero-order valence-electron chi connectivity index (χ0n) is 16.6. The second-order valence-corrected chi connectivity index (χ2v) is 7.13. The molecular formula is C22H29ClO2. The number of halogens is 1. The summed E-state index contributed by atoms with van der Waals surface area (Å²) < 4.78 is 11.1. The molecule has 0 aromatic heterocycles. The fourth-order valence-corrected chi connectivity index (χ4v) is 4.23. The van der Waals surface area contributed by atoms with Crippen molar-refractivity contribution < 1.29 is 9.47 Å². The number of ether oxygens (including phenoxy) is 2. The molecule has 0 fully saturated rings. The Morgan fingerprint density at radius 1 is 0.720 bits per heavy atom. The summed E-state index contributed by atoms with van der Waals surface area (Å²) in [4.78, 5) is 0. The van der Waals surface area contributed by atoms with Gasteiger partial charge in [0.2, 0.25) is 0 Å². The third-order valence-electron chi connectivity index (χ3n) is 5.51. The van der Waals surface area contributed by atoms with Gasteiger partial charge in [-0.1, -0.05) is 0 Å². The van der Waals surface area contributed by atoms with Crippen LogP contribution in [0.3, 0.4) is 0 Å². The summed E-state index contributed by atoms with van der Waals surface area (Å²) in [6, 6.07) is 4.25. The first-order valence-electron chi connectivity index (χ1n) is 8.63. The average Bonchev–Trinajstić information content (AvgIpc) is 2.59. The van der Waals surface area contributed by atoms with Gasteiger partial charge in [0, 0.05) is 11.8 Å². The Balaban J connectivity index is 2.75. The molecule has 0 aliphatic heterocycles. The second kappa shape index (κ2) is 7.70. The number of methoxy groups -OCH3 is 2.